The topological polar surface area (TPSA) is 0 Å². The first kappa shape index (κ1) is 11.5. The maximum Gasteiger partial charge on any atom is 0.0412 e. The van der Waals surface area contributed by atoms with E-state index >= 15 is 0 Å². The molecule has 0 spiro atoms. The number of fused-ring (bicyclic) bond motifs is 2. The summed E-state index contributed by atoms with van der Waals surface area (Å²) >= 11 is 13.4. The molecule has 3 rings (SSSR count). The summed E-state index contributed by atoms with van der Waals surface area (Å²) in [5.74, 6) is 0. The van der Waals surface area contributed by atoms with Crippen LogP contribution >= 0.6 is 43.5 Å². The average Bonchev–Trinajstić information content (AvgIpc) is 2.36. The molecule has 84 valence electrons. The van der Waals surface area contributed by atoms with E-state index in [0.717, 1.165) is 19.4 Å². The van der Waals surface area contributed by atoms with E-state index < -0.39 is 0 Å². The standard InChI is InChI=1S/C14H7Br2Cl/c15-13-9-3-1-2-4-10(9)14(16)12-7-8(17)5-6-11(12)13/h1-7H. The third-order valence-electron chi connectivity index (χ3n) is 2.85. The first-order valence-electron chi connectivity index (χ1n) is 5.13. The second-order valence-corrected chi connectivity index (χ2v) is 5.89. The Hall–Kier alpha value is -0.570. The Kier molecular flexibility index (Phi) is 2.89. The van der Waals surface area contributed by atoms with Crippen molar-refractivity contribution in [3.05, 3.63) is 56.4 Å². The summed E-state index contributed by atoms with van der Waals surface area (Å²) < 4.78 is 2.21. The van der Waals surface area contributed by atoms with E-state index in [0.29, 0.717) is 0 Å². The lowest BCUT2D eigenvalue weighted by Gasteiger charge is -2.09. The summed E-state index contributed by atoms with van der Waals surface area (Å²) in [5, 5.41) is 5.44. The van der Waals surface area contributed by atoms with Crippen molar-refractivity contribution in [2.45, 2.75) is 0 Å². The minimum absolute atomic E-state index is 0.750. The SMILES string of the molecule is Clc1ccc2c(Br)c3ccccc3c(Br)c2c1. The Morgan fingerprint density at radius 3 is 1.88 bits per heavy atom. The molecule has 0 nitrogen and oxygen atoms in total. The molecule has 17 heavy (non-hydrogen) atoms. The molecule has 0 radical (unpaired) electrons. The van der Waals surface area contributed by atoms with Crippen LogP contribution in [0, 0.1) is 0 Å². The summed E-state index contributed by atoms with van der Waals surface area (Å²) in [5.41, 5.74) is 0. The maximum absolute atomic E-state index is 6.06. The summed E-state index contributed by atoms with van der Waals surface area (Å²) in [6, 6.07) is 14.2. The monoisotopic (exact) mass is 368 g/mol. The van der Waals surface area contributed by atoms with Crippen molar-refractivity contribution in [1.29, 1.82) is 0 Å². The Labute approximate surface area is 121 Å². The fraction of sp³-hybridized carbons (Fsp3) is 0. The van der Waals surface area contributed by atoms with Crippen LogP contribution in [0.4, 0.5) is 0 Å². The van der Waals surface area contributed by atoms with Crippen molar-refractivity contribution in [3.63, 3.8) is 0 Å². The van der Waals surface area contributed by atoms with Crippen LogP contribution in [0.25, 0.3) is 21.5 Å². The van der Waals surface area contributed by atoms with Gasteiger partial charge in [-0.3, -0.25) is 0 Å². The molecule has 0 amide bonds. The molecule has 0 N–H and O–H groups in total. The van der Waals surface area contributed by atoms with Gasteiger partial charge in [-0.25, -0.2) is 0 Å². The van der Waals surface area contributed by atoms with Gasteiger partial charge in [-0.2, -0.15) is 0 Å². The molecule has 0 bridgehead atoms. The van der Waals surface area contributed by atoms with Crippen LogP contribution in [-0.4, -0.2) is 0 Å². The highest BCUT2D eigenvalue weighted by atomic mass is 79.9. The van der Waals surface area contributed by atoms with E-state index in [9.17, 15) is 0 Å². The number of hydrogen-bond acceptors (Lipinski definition) is 0. The number of hydrogen-bond donors (Lipinski definition) is 0. The summed E-state index contributed by atoms with van der Waals surface area (Å²) in [6.07, 6.45) is 0. The van der Waals surface area contributed by atoms with Gasteiger partial charge in [0, 0.05) is 14.0 Å². The van der Waals surface area contributed by atoms with E-state index in [4.69, 9.17) is 11.6 Å². The number of benzene rings is 3. The highest BCUT2D eigenvalue weighted by molar-refractivity contribution is 9.11. The van der Waals surface area contributed by atoms with E-state index in [2.05, 4.69) is 44.0 Å². The fourth-order valence-corrected chi connectivity index (χ4v) is 3.58. The van der Waals surface area contributed by atoms with Gasteiger partial charge in [0.05, 0.1) is 0 Å². The van der Waals surface area contributed by atoms with E-state index in [-0.39, 0.29) is 0 Å². The third kappa shape index (κ3) is 1.79. The van der Waals surface area contributed by atoms with Crippen molar-refractivity contribution in [3.8, 4) is 0 Å². The van der Waals surface area contributed by atoms with E-state index in [1.54, 1.807) is 0 Å². The lowest BCUT2D eigenvalue weighted by atomic mass is 10.0. The second-order valence-electron chi connectivity index (χ2n) is 3.86. The first-order valence-corrected chi connectivity index (χ1v) is 7.10. The van der Waals surface area contributed by atoms with Crippen LogP contribution in [0.1, 0.15) is 0 Å². The number of rotatable bonds is 0. The van der Waals surface area contributed by atoms with Crippen LogP contribution in [-0.2, 0) is 0 Å². The fourth-order valence-electron chi connectivity index (χ4n) is 2.05. The van der Waals surface area contributed by atoms with Gasteiger partial charge in [0.1, 0.15) is 0 Å². The molecule has 0 atom stereocenters. The van der Waals surface area contributed by atoms with Crippen LogP contribution in [0.15, 0.2) is 51.4 Å². The molecule has 0 aliphatic carbocycles. The Morgan fingerprint density at radius 1 is 0.706 bits per heavy atom. The van der Waals surface area contributed by atoms with E-state index in [1.165, 1.54) is 16.2 Å². The molecule has 0 aliphatic rings. The predicted octanol–water partition coefficient (Wildman–Crippen LogP) is 6.17. The van der Waals surface area contributed by atoms with Crippen molar-refractivity contribution in [2.24, 2.45) is 0 Å². The van der Waals surface area contributed by atoms with Crippen LogP contribution in [0.3, 0.4) is 0 Å². The van der Waals surface area contributed by atoms with Gasteiger partial charge in [-0.15, -0.1) is 0 Å². The van der Waals surface area contributed by atoms with Crippen LogP contribution in [0.2, 0.25) is 5.02 Å². The quantitative estimate of drug-likeness (QED) is 0.415. The highest BCUT2D eigenvalue weighted by Gasteiger charge is 2.10. The minimum atomic E-state index is 0.750. The Bertz CT molecular complexity index is 735. The second kappa shape index (κ2) is 4.27. The predicted molar refractivity (Wildman–Crippen MR) is 81.9 cm³/mol. The molecule has 0 saturated carbocycles. The molecule has 0 aromatic heterocycles. The van der Waals surface area contributed by atoms with Crippen molar-refractivity contribution in [2.75, 3.05) is 0 Å². The minimum Gasteiger partial charge on any atom is -0.0843 e. The molecule has 0 heterocycles. The zero-order valence-electron chi connectivity index (χ0n) is 8.68. The molecule has 3 aromatic rings. The molecule has 0 aliphatic heterocycles. The van der Waals surface area contributed by atoms with Gasteiger partial charge in [-0.1, -0.05) is 41.9 Å². The first-order chi connectivity index (χ1) is 8.18. The van der Waals surface area contributed by atoms with Gasteiger partial charge in [0.25, 0.3) is 0 Å². The molecular formula is C14H7Br2Cl. The Balaban J connectivity index is 2.63. The number of halogens is 3. The summed E-state index contributed by atoms with van der Waals surface area (Å²) in [7, 11) is 0. The maximum atomic E-state index is 6.06. The Morgan fingerprint density at radius 2 is 1.24 bits per heavy atom. The van der Waals surface area contributed by atoms with Gasteiger partial charge in [-0.05, 0) is 65.5 Å². The molecule has 3 heteroatoms. The molecule has 3 aromatic carbocycles. The summed E-state index contributed by atoms with van der Waals surface area (Å²) in [6.45, 7) is 0. The lowest BCUT2D eigenvalue weighted by Crippen LogP contribution is -1.82. The van der Waals surface area contributed by atoms with Gasteiger partial charge in [0.15, 0.2) is 0 Å². The molecule has 0 saturated heterocycles. The van der Waals surface area contributed by atoms with Crippen LogP contribution in [0.5, 0.6) is 0 Å². The zero-order valence-corrected chi connectivity index (χ0v) is 12.6. The molecule has 0 fully saturated rings. The van der Waals surface area contributed by atoms with Crippen molar-refractivity contribution in [1.82, 2.24) is 0 Å². The summed E-state index contributed by atoms with van der Waals surface area (Å²) in [4.78, 5) is 0. The lowest BCUT2D eigenvalue weighted by molar-refractivity contribution is 1.71. The largest absolute Gasteiger partial charge is 0.0843 e. The third-order valence-corrected chi connectivity index (χ3v) is 4.80. The van der Waals surface area contributed by atoms with Crippen molar-refractivity contribution < 1.29 is 0 Å². The van der Waals surface area contributed by atoms with E-state index in [1.807, 2.05) is 30.3 Å². The van der Waals surface area contributed by atoms with Gasteiger partial charge in [0.2, 0.25) is 0 Å². The normalized spacial score (nSPS) is 11.2. The van der Waals surface area contributed by atoms with Gasteiger partial charge < -0.3 is 0 Å². The highest BCUT2D eigenvalue weighted by Crippen LogP contribution is 2.39. The van der Waals surface area contributed by atoms with Gasteiger partial charge >= 0.3 is 0 Å². The zero-order chi connectivity index (χ0) is 12.0. The average molecular weight is 370 g/mol. The molecule has 0 unspecified atom stereocenters. The molecular weight excluding hydrogens is 363 g/mol. The smallest absolute Gasteiger partial charge is 0.0412 e. The van der Waals surface area contributed by atoms with Crippen molar-refractivity contribution >= 4 is 65.0 Å². The van der Waals surface area contributed by atoms with Crippen LogP contribution < -0.4 is 0 Å².